The fourth-order valence-electron chi connectivity index (χ4n) is 4.04. The van der Waals surface area contributed by atoms with Gasteiger partial charge in [0.1, 0.15) is 0 Å². The highest BCUT2D eigenvalue weighted by molar-refractivity contribution is 14.1. The summed E-state index contributed by atoms with van der Waals surface area (Å²) in [5.74, 6) is 1.05. The Bertz CT molecular complexity index is 1000. The second-order valence-electron chi connectivity index (χ2n) is 6.87. The first-order valence-corrected chi connectivity index (χ1v) is 9.64. The van der Waals surface area contributed by atoms with E-state index in [-0.39, 0.29) is 5.91 Å². The van der Waals surface area contributed by atoms with E-state index < -0.39 is 0 Å². The van der Waals surface area contributed by atoms with Crippen LogP contribution in [0.15, 0.2) is 42.5 Å². The summed E-state index contributed by atoms with van der Waals surface area (Å²) in [6.07, 6.45) is 3.67. The number of halogens is 1. The highest BCUT2D eigenvalue weighted by atomic mass is 127. The van der Waals surface area contributed by atoms with Crippen LogP contribution < -0.4 is 5.32 Å². The number of aromatic nitrogens is 2. The van der Waals surface area contributed by atoms with Crippen molar-refractivity contribution in [1.29, 1.82) is 0 Å². The van der Waals surface area contributed by atoms with Crippen LogP contribution in [-0.2, 0) is 0 Å². The summed E-state index contributed by atoms with van der Waals surface area (Å²) in [6.45, 7) is 0. The van der Waals surface area contributed by atoms with E-state index >= 15 is 0 Å². The van der Waals surface area contributed by atoms with Crippen molar-refractivity contribution in [2.45, 2.75) is 31.1 Å². The van der Waals surface area contributed by atoms with Crippen LogP contribution in [0.4, 0.5) is 5.69 Å². The van der Waals surface area contributed by atoms with E-state index in [4.69, 9.17) is 9.97 Å². The zero-order valence-electron chi connectivity index (χ0n) is 13.5. The standard InChI is InChI=1S/C20H16IN3O/c21-14-4-6-15(7-5-14)22-20(25)13-3-8-16-17(10-13)24-19-12-2-1-11(9-12)18(19)23-16/h3-8,10-12H,1-2,9H2,(H,22,25). The Morgan fingerprint density at radius 3 is 2.36 bits per heavy atom. The van der Waals surface area contributed by atoms with Crippen molar-refractivity contribution in [2.24, 2.45) is 0 Å². The van der Waals surface area contributed by atoms with Crippen LogP contribution in [0, 0.1) is 3.57 Å². The first-order chi connectivity index (χ1) is 12.2. The number of nitrogens with one attached hydrogen (secondary N) is 1. The second kappa shape index (κ2) is 5.76. The molecule has 0 radical (unpaired) electrons. The summed E-state index contributed by atoms with van der Waals surface area (Å²) in [6, 6.07) is 13.4. The van der Waals surface area contributed by atoms with Crippen LogP contribution in [0.1, 0.15) is 52.8 Å². The van der Waals surface area contributed by atoms with Gasteiger partial charge in [0.05, 0.1) is 22.4 Å². The third-order valence-corrected chi connectivity index (χ3v) is 6.01. The smallest absolute Gasteiger partial charge is 0.255 e. The monoisotopic (exact) mass is 441 g/mol. The van der Waals surface area contributed by atoms with Crippen molar-refractivity contribution >= 4 is 45.2 Å². The minimum atomic E-state index is -0.119. The highest BCUT2D eigenvalue weighted by Crippen LogP contribution is 2.51. The molecule has 2 bridgehead atoms. The number of benzene rings is 2. The topological polar surface area (TPSA) is 54.9 Å². The number of fused-ring (bicyclic) bond motifs is 6. The molecule has 3 aromatic rings. The molecule has 2 aliphatic carbocycles. The van der Waals surface area contributed by atoms with Gasteiger partial charge in [0.2, 0.25) is 0 Å². The minimum absolute atomic E-state index is 0.119. The molecule has 1 N–H and O–H groups in total. The maximum Gasteiger partial charge on any atom is 0.255 e. The number of hydrogen-bond donors (Lipinski definition) is 1. The summed E-state index contributed by atoms with van der Waals surface area (Å²) in [7, 11) is 0. The number of hydrogen-bond acceptors (Lipinski definition) is 3. The zero-order chi connectivity index (χ0) is 17.0. The lowest BCUT2D eigenvalue weighted by molar-refractivity contribution is 0.102. The minimum Gasteiger partial charge on any atom is -0.322 e. The average molecular weight is 441 g/mol. The van der Waals surface area contributed by atoms with Crippen LogP contribution >= 0.6 is 22.6 Å². The summed E-state index contributed by atoms with van der Waals surface area (Å²) in [5, 5.41) is 2.94. The SMILES string of the molecule is O=C(Nc1ccc(I)cc1)c1ccc2nc3c(nc2c1)C1CCC3C1. The van der Waals surface area contributed by atoms with Gasteiger partial charge >= 0.3 is 0 Å². The number of rotatable bonds is 2. The Kier molecular flexibility index (Phi) is 3.51. The Balaban J connectivity index is 1.48. The Hall–Kier alpha value is -2.02. The van der Waals surface area contributed by atoms with Gasteiger partial charge in [-0.25, -0.2) is 9.97 Å². The van der Waals surface area contributed by atoms with Crippen molar-refractivity contribution < 1.29 is 4.79 Å². The van der Waals surface area contributed by atoms with Crippen molar-refractivity contribution in [2.75, 3.05) is 5.32 Å². The fourth-order valence-corrected chi connectivity index (χ4v) is 4.40. The molecule has 5 heteroatoms. The van der Waals surface area contributed by atoms with E-state index in [2.05, 4.69) is 27.9 Å². The van der Waals surface area contributed by atoms with Gasteiger partial charge in [-0.3, -0.25) is 4.79 Å². The van der Waals surface area contributed by atoms with Gasteiger partial charge in [-0.15, -0.1) is 0 Å². The van der Waals surface area contributed by atoms with E-state index in [9.17, 15) is 4.79 Å². The van der Waals surface area contributed by atoms with Crippen LogP contribution in [-0.4, -0.2) is 15.9 Å². The normalized spacial score (nSPS) is 20.7. The molecule has 0 aliphatic heterocycles. The van der Waals surface area contributed by atoms with Gasteiger partial charge in [0, 0.05) is 26.7 Å². The molecule has 2 atom stereocenters. The van der Waals surface area contributed by atoms with Crippen molar-refractivity contribution in [3.63, 3.8) is 0 Å². The van der Waals surface area contributed by atoms with Crippen LogP contribution in [0.25, 0.3) is 11.0 Å². The number of carbonyl (C=O) groups is 1. The predicted molar refractivity (Wildman–Crippen MR) is 106 cm³/mol. The molecule has 124 valence electrons. The molecule has 0 spiro atoms. The van der Waals surface area contributed by atoms with Gasteiger partial charge < -0.3 is 5.32 Å². The van der Waals surface area contributed by atoms with Gasteiger partial charge in [-0.1, -0.05) is 0 Å². The summed E-state index contributed by atoms with van der Waals surface area (Å²) in [5.41, 5.74) is 5.48. The molecule has 1 saturated carbocycles. The van der Waals surface area contributed by atoms with E-state index in [1.54, 1.807) is 0 Å². The second-order valence-corrected chi connectivity index (χ2v) is 8.11. The Labute approximate surface area is 159 Å². The number of amides is 1. The molecule has 2 aromatic carbocycles. The zero-order valence-corrected chi connectivity index (χ0v) is 15.7. The Morgan fingerprint density at radius 1 is 0.960 bits per heavy atom. The number of nitrogens with zero attached hydrogens (tertiary/aromatic N) is 2. The largest absolute Gasteiger partial charge is 0.322 e. The van der Waals surface area contributed by atoms with Gasteiger partial charge in [-0.05, 0) is 84.3 Å². The summed E-state index contributed by atoms with van der Waals surface area (Å²) >= 11 is 2.25. The quantitative estimate of drug-likeness (QED) is 0.579. The van der Waals surface area contributed by atoms with Gasteiger partial charge in [-0.2, -0.15) is 0 Å². The van der Waals surface area contributed by atoms with E-state index in [1.807, 2.05) is 42.5 Å². The molecule has 4 nitrogen and oxygen atoms in total. The third kappa shape index (κ3) is 2.61. The first-order valence-electron chi connectivity index (χ1n) is 8.56. The van der Waals surface area contributed by atoms with Crippen LogP contribution in [0.3, 0.4) is 0 Å². The lowest BCUT2D eigenvalue weighted by Crippen LogP contribution is -2.12. The molecule has 2 unspecified atom stereocenters. The van der Waals surface area contributed by atoms with E-state index in [0.29, 0.717) is 17.4 Å². The molecule has 25 heavy (non-hydrogen) atoms. The summed E-state index contributed by atoms with van der Waals surface area (Å²) in [4.78, 5) is 22.2. The van der Waals surface area contributed by atoms with E-state index in [0.717, 1.165) is 20.3 Å². The lowest BCUT2D eigenvalue weighted by Gasteiger charge is -2.14. The molecule has 2 aliphatic rings. The molecular formula is C20H16IN3O. The third-order valence-electron chi connectivity index (χ3n) is 5.29. The van der Waals surface area contributed by atoms with Crippen LogP contribution in [0.5, 0.6) is 0 Å². The van der Waals surface area contributed by atoms with Crippen molar-refractivity contribution in [3.8, 4) is 0 Å². The molecule has 5 rings (SSSR count). The lowest BCUT2D eigenvalue weighted by atomic mass is 10.00. The molecular weight excluding hydrogens is 425 g/mol. The molecule has 1 fully saturated rings. The highest BCUT2D eigenvalue weighted by Gasteiger charge is 2.39. The molecule has 1 aromatic heterocycles. The average Bonchev–Trinajstić information content (AvgIpc) is 3.23. The van der Waals surface area contributed by atoms with Crippen molar-refractivity contribution in [3.05, 3.63) is 63.0 Å². The predicted octanol–water partition coefficient (Wildman–Crippen LogP) is 4.85. The molecule has 0 saturated heterocycles. The Morgan fingerprint density at radius 2 is 1.64 bits per heavy atom. The molecule has 1 amide bonds. The molecule has 1 heterocycles. The van der Waals surface area contributed by atoms with Crippen LogP contribution in [0.2, 0.25) is 0 Å². The summed E-state index contributed by atoms with van der Waals surface area (Å²) < 4.78 is 1.14. The van der Waals surface area contributed by atoms with Crippen molar-refractivity contribution in [1.82, 2.24) is 9.97 Å². The maximum atomic E-state index is 12.5. The van der Waals surface area contributed by atoms with Gasteiger partial charge in [0.15, 0.2) is 0 Å². The maximum absolute atomic E-state index is 12.5. The number of anilines is 1. The van der Waals surface area contributed by atoms with Gasteiger partial charge in [0.25, 0.3) is 5.91 Å². The fraction of sp³-hybridized carbons (Fsp3) is 0.250. The number of carbonyl (C=O) groups excluding carboxylic acids is 1. The van der Waals surface area contributed by atoms with E-state index in [1.165, 1.54) is 30.7 Å². The first kappa shape index (κ1) is 15.3.